The van der Waals surface area contributed by atoms with Gasteiger partial charge in [-0.15, -0.1) is 0 Å². The monoisotopic (exact) mass is 320 g/mol. The van der Waals surface area contributed by atoms with Crippen molar-refractivity contribution in [1.29, 1.82) is 0 Å². The van der Waals surface area contributed by atoms with Crippen LogP contribution >= 0.6 is 0 Å². The van der Waals surface area contributed by atoms with Crippen LogP contribution in [0.4, 0.5) is 0 Å². The van der Waals surface area contributed by atoms with Crippen LogP contribution in [0, 0.1) is 13.8 Å². The Hall–Kier alpha value is -1.26. The fourth-order valence-electron chi connectivity index (χ4n) is 1.94. The Balaban J connectivity index is 1.83. The summed E-state index contributed by atoms with van der Waals surface area (Å²) in [6, 6.07) is 15.5. The summed E-state index contributed by atoms with van der Waals surface area (Å²) in [6.45, 7) is 4.02. The fourth-order valence-corrected chi connectivity index (χ4v) is 4.28. The van der Waals surface area contributed by atoms with Gasteiger partial charge >= 0.3 is 0 Å². The van der Waals surface area contributed by atoms with Crippen molar-refractivity contribution in [2.75, 3.05) is 11.5 Å². The maximum Gasteiger partial charge on any atom is 0.0529 e. The topological polar surface area (TPSA) is 34.1 Å². The summed E-state index contributed by atoms with van der Waals surface area (Å²) in [4.78, 5) is 1.70. The van der Waals surface area contributed by atoms with E-state index in [0.717, 1.165) is 20.9 Å². The minimum atomic E-state index is -1.00. The quantitative estimate of drug-likeness (QED) is 0.815. The third-order valence-electron chi connectivity index (χ3n) is 3.23. The molecule has 0 heterocycles. The molecule has 0 aliphatic heterocycles. The van der Waals surface area contributed by atoms with Crippen LogP contribution in [0.2, 0.25) is 0 Å². The Morgan fingerprint density at radius 2 is 1.00 bits per heavy atom. The van der Waals surface area contributed by atoms with Gasteiger partial charge in [-0.1, -0.05) is 35.4 Å². The average Bonchev–Trinajstić information content (AvgIpc) is 2.48. The first kappa shape index (κ1) is 16.1. The molecule has 0 N–H and O–H groups in total. The van der Waals surface area contributed by atoms with E-state index in [-0.39, 0.29) is 0 Å². The van der Waals surface area contributed by atoms with Crippen LogP contribution in [0.15, 0.2) is 58.3 Å². The lowest BCUT2D eigenvalue weighted by atomic mass is 10.2. The molecule has 2 atom stereocenters. The van der Waals surface area contributed by atoms with Gasteiger partial charge in [-0.2, -0.15) is 0 Å². The van der Waals surface area contributed by atoms with Crippen LogP contribution in [-0.2, 0) is 21.6 Å². The van der Waals surface area contributed by atoms with Crippen molar-refractivity contribution >= 4 is 21.6 Å². The number of hydrogen-bond acceptors (Lipinski definition) is 2. The Kier molecular flexibility index (Phi) is 5.88. The molecule has 0 saturated heterocycles. The first-order valence-corrected chi connectivity index (χ1v) is 9.60. The molecule has 0 bridgehead atoms. The number of benzene rings is 2. The van der Waals surface area contributed by atoms with Gasteiger partial charge in [-0.25, -0.2) is 0 Å². The number of aryl methyl sites for hydroxylation is 2. The zero-order valence-corrected chi connectivity index (χ0v) is 14.0. The molecule has 0 aliphatic rings. The fraction of sp³-hybridized carbons (Fsp3) is 0.294. The molecule has 0 spiro atoms. The summed E-state index contributed by atoms with van der Waals surface area (Å²) < 4.78 is 24.3. The molecule has 0 aliphatic carbocycles. The van der Waals surface area contributed by atoms with E-state index in [0.29, 0.717) is 17.9 Å². The largest absolute Gasteiger partial charge is 0.254 e. The van der Waals surface area contributed by atoms with Crippen molar-refractivity contribution in [2.45, 2.75) is 30.1 Å². The summed E-state index contributed by atoms with van der Waals surface area (Å²) in [5, 5.41) is 0. The molecule has 0 aromatic heterocycles. The lowest BCUT2D eigenvalue weighted by molar-refractivity contribution is 0.678. The Labute approximate surface area is 131 Å². The van der Waals surface area contributed by atoms with Crippen molar-refractivity contribution < 1.29 is 8.42 Å². The molecule has 2 nitrogen and oxygen atoms in total. The maximum absolute atomic E-state index is 12.1. The predicted molar refractivity (Wildman–Crippen MR) is 89.5 cm³/mol. The lowest BCUT2D eigenvalue weighted by Crippen LogP contribution is -2.05. The molecule has 0 amide bonds. The Morgan fingerprint density at radius 1 is 0.667 bits per heavy atom. The minimum absolute atomic E-state index is 0.556. The van der Waals surface area contributed by atoms with Crippen molar-refractivity contribution in [3.05, 3.63) is 59.7 Å². The van der Waals surface area contributed by atoms with Crippen LogP contribution in [0.5, 0.6) is 0 Å². The molecule has 2 aromatic rings. The van der Waals surface area contributed by atoms with E-state index in [4.69, 9.17) is 0 Å². The summed E-state index contributed by atoms with van der Waals surface area (Å²) in [6.07, 6.45) is 0.695. The first-order valence-electron chi connectivity index (χ1n) is 6.96. The third kappa shape index (κ3) is 4.90. The highest BCUT2D eigenvalue weighted by Gasteiger charge is 2.07. The van der Waals surface area contributed by atoms with E-state index < -0.39 is 21.6 Å². The highest BCUT2D eigenvalue weighted by atomic mass is 32.2. The lowest BCUT2D eigenvalue weighted by Gasteiger charge is -2.04. The second-order valence-corrected chi connectivity index (χ2v) is 8.22. The highest BCUT2D eigenvalue weighted by Crippen LogP contribution is 2.12. The molecule has 0 fully saturated rings. The summed E-state index contributed by atoms with van der Waals surface area (Å²) in [5.74, 6) is 1.11. The van der Waals surface area contributed by atoms with Crippen LogP contribution in [0.3, 0.4) is 0 Å². The number of rotatable bonds is 6. The minimum Gasteiger partial charge on any atom is -0.254 e. The molecule has 4 heteroatoms. The molecule has 21 heavy (non-hydrogen) atoms. The van der Waals surface area contributed by atoms with Gasteiger partial charge in [-0.05, 0) is 44.5 Å². The van der Waals surface area contributed by atoms with Crippen molar-refractivity contribution in [1.82, 2.24) is 0 Å². The van der Waals surface area contributed by atoms with Crippen LogP contribution in [0.25, 0.3) is 0 Å². The Morgan fingerprint density at radius 3 is 1.33 bits per heavy atom. The summed E-state index contributed by atoms with van der Waals surface area (Å²) in [5.41, 5.74) is 2.33. The molecule has 0 radical (unpaired) electrons. The van der Waals surface area contributed by atoms with E-state index in [9.17, 15) is 8.42 Å². The van der Waals surface area contributed by atoms with E-state index in [1.165, 1.54) is 0 Å². The smallest absolute Gasteiger partial charge is 0.0529 e. The normalized spacial score (nSPS) is 13.8. The van der Waals surface area contributed by atoms with Crippen LogP contribution < -0.4 is 0 Å². The van der Waals surface area contributed by atoms with Gasteiger partial charge in [0.05, 0.1) is 21.6 Å². The standard InChI is InChI=1S/C17H20O2S2/c1-14-4-8-16(9-5-14)20(18)12-3-13-21(19)17-10-6-15(2)7-11-17/h4-11H,3,12-13H2,1-2H3/t20-,21-/m0/s1. The van der Waals surface area contributed by atoms with E-state index >= 15 is 0 Å². The SMILES string of the molecule is Cc1ccc([S@@](=O)CCC[S@](=O)c2ccc(C)cc2)cc1. The highest BCUT2D eigenvalue weighted by molar-refractivity contribution is 7.86. The van der Waals surface area contributed by atoms with Gasteiger partial charge in [0.15, 0.2) is 0 Å². The summed E-state index contributed by atoms with van der Waals surface area (Å²) in [7, 11) is -2.01. The van der Waals surface area contributed by atoms with E-state index in [1.807, 2.05) is 62.4 Å². The van der Waals surface area contributed by atoms with Crippen molar-refractivity contribution in [3.63, 3.8) is 0 Å². The van der Waals surface area contributed by atoms with Crippen LogP contribution in [0.1, 0.15) is 17.5 Å². The average molecular weight is 320 g/mol. The molecular formula is C17H20O2S2. The molecule has 2 rings (SSSR count). The second-order valence-electron chi connectivity index (χ2n) is 5.08. The maximum atomic E-state index is 12.1. The molecular weight excluding hydrogens is 300 g/mol. The van der Waals surface area contributed by atoms with Gasteiger partial charge in [0, 0.05) is 21.3 Å². The van der Waals surface area contributed by atoms with E-state index in [2.05, 4.69) is 0 Å². The molecule has 0 unspecified atom stereocenters. The van der Waals surface area contributed by atoms with Gasteiger partial charge < -0.3 is 0 Å². The van der Waals surface area contributed by atoms with Gasteiger partial charge in [-0.3, -0.25) is 8.42 Å². The van der Waals surface area contributed by atoms with Crippen molar-refractivity contribution in [2.24, 2.45) is 0 Å². The zero-order chi connectivity index (χ0) is 15.2. The van der Waals surface area contributed by atoms with E-state index in [1.54, 1.807) is 0 Å². The van der Waals surface area contributed by atoms with Gasteiger partial charge in [0.25, 0.3) is 0 Å². The van der Waals surface area contributed by atoms with Gasteiger partial charge in [0.1, 0.15) is 0 Å². The van der Waals surface area contributed by atoms with Crippen LogP contribution in [-0.4, -0.2) is 19.9 Å². The Bertz CT molecular complexity index is 573. The predicted octanol–water partition coefficient (Wildman–Crippen LogP) is 3.61. The second kappa shape index (κ2) is 7.66. The third-order valence-corrected chi connectivity index (χ3v) is 6.14. The first-order chi connectivity index (χ1) is 10.1. The zero-order valence-electron chi connectivity index (χ0n) is 12.4. The van der Waals surface area contributed by atoms with Crippen molar-refractivity contribution in [3.8, 4) is 0 Å². The molecule has 0 saturated carbocycles. The van der Waals surface area contributed by atoms with Gasteiger partial charge in [0.2, 0.25) is 0 Å². The molecule has 112 valence electrons. The number of hydrogen-bond donors (Lipinski definition) is 0. The molecule has 2 aromatic carbocycles. The summed E-state index contributed by atoms with van der Waals surface area (Å²) >= 11 is 0.